The lowest BCUT2D eigenvalue weighted by Crippen LogP contribution is -2.07. The summed E-state index contributed by atoms with van der Waals surface area (Å²) in [6.45, 7) is 0. The summed E-state index contributed by atoms with van der Waals surface area (Å²) in [7, 11) is 0. The number of nitrogen functional groups attached to an aromatic ring is 2. The molecule has 0 aliphatic heterocycles. The third-order valence-corrected chi connectivity index (χ3v) is 2.69. The van der Waals surface area contributed by atoms with E-state index in [9.17, 15) is 4.79 Å². The summed E-state index contributed by atoms with van der Waals surface area (Å²) in [6, 6.07) is 7.99. The van der Waals surface area contributed by atoms with Crippen molar-refractivity contribution in [3.63, 3.8) is 0 Å². The van der Waals surface area contributed by atoms with Gasteiger partial charge in [-0.25, -0.2) is 4.98 Å². The highest BCUT2D eigenvalue weighted by Gasteiger charge is 2.13. The van der Waals surface area contributed by atoms with Gasteiger partial charge in [-0.05, 0) is 30.3 Å². The first-order valence-electron chi connectivity index (χ1n) is 4.90. The molecule has 0 spiro atoms. The zero-order valence-electron chi connectivity index (χ0n) is 8.85. The number of benzene rings is 1. The van der Waals surface area contributed by atoms with E-state index in [4.69, 9.17) is 23.1 Å². The van der Waals surface area contributed by atoms with Gasteiger partial charge in [-0.1, -0.05) is 11.6 Å². The minimum atomic E-state index is -0.223. The Bertz CT molecular complexity index is 584. The number of nitrogens with two attached hydrogens (primary N) is 2. The molecular weight excluding hydrogens is 238 g/mol. The van der Waals surface area contributed by atoms with E-state index in [0.29, 0.717) is 21.8 Å². The van der Waals surface area contributed by atoms with Gasteiger partial charge in [0.05, 0.1) is 16.3 Å². The van der Waals surface area contributed by atoms with Crippen LogP contribution in [-0.4, -0.2) is 10.8 Å². The first-order valence-corrected chi connectivity index (χ1v) is 5.27. The second-order valence-electron chi connectivity index (χ2n) is 3.50. The molecule has 86 valence electrons. The molecule has 4 nitrogen and oxygen atoms in total. The van der Waals surface area contributed by atoms with Gasteiger partial charge in [-0.2, -0.15) is 0 Å². The van der Waals surface area contributed by atoms with Crippen molar-refractivity contribution in [2.45, 2.75) is 0 Å². The van der Waals surface area contributed by atoms with Crippen LogP contribution < -0.4 is 11.5 Å². The van der Waals surface area contributed by atoms with E-state index < -0.39 is 0 Å². The van der Waals surface area contributed by atoms with E-state index in [1.54, 1.807) is 24.3 Å². The predicted octanol–water partition coefficient (Wildman–Crippen LogP) is 2.13. The number of aromatic nitrogens is 1. The number of nitrogens with zero attached hydrogens (tertiary/aromatic N) is 1. The highest BCUT2D eigenvalue weighted by Crippen LogP contribution is 2.22. The fourth-order valence-corrected chi connectivity index (χ4v) is 1.57. The lowest BCUT2D eigenvalue weighted by Gasteiger charge is -2.05. The third kappa shape index (κ3) is 2.21. The van der Waals surface area contributed by atoms with Crippen molar-refractivity contribution in [3.8, 4) is 0 Å². The van der Waals surface area contributed by atoms with Crippen molar-refractivity contribution in [1.29, 1.82) is 0 Å². The average molecular weight is 248 g/mol. The Balaban J connectivity index is 2.44. The van der Waals surface area contributed by atoms with Gasteiger partial charge in [-0.15, -0.1) is 0 Å². The van der Waals surface area contributed by atoms with Crippen LogP contribution in [-0.2, 0) is 0 Å². The molecule has 1 aromatic heterocycles. The van der Waals surface area contributed by atoms with Crippen LogP contribution in [0.2, 0.25) is 5.02 Å². The largest absolute Gasteiger partial charge is 0.398 e. The number of hydrogen-bond acceptors (Lipinski definition) is 4. The van der Waals surface area contributed by atoms with Crippen molar-refractivity contribution in [3.05, 3.63) is 52.7 Å². The molecule has 0 radical (unpaired) electrons. The van der Waals surface area contributed by atoms with E-state index in [1.165, 1.54) is 12.3 Å². The zero-order valence-corrected chi connectivity index (χ0v) is 9.61. The Morgan fingerprint density at radius 1 is 1.24 bits per heavy atom. The van der Waals surface area contributed by atoms with Crippen LogP contribution in [0.25, 0.3) is 0 Å². The van der Waals surface area contributed by atoms with E-state index in [2.05, 4.69) is 4.98 Å². The number of anilines is 2. The molecule has 5 heteroatoms. The lowest BCUT2D eigenvalue weighted by atomic mass is 10.0. The standard InChI is InChI=1S/C12H10ClN3O/c13-9-4-3-7(6-10(9)14)11(17)8-2-1-5-16-12(8)15/h1-6H,14H2,(H2,15,16). The maximum atomic E-state index is 12.1. The normalized spacial score (nSPS) is 10.2. The summed E-state index contributed by atoms with van der Waals surface area (Å²) in [6.07, 6.45) is 1.53. The van der Waals surface area contributed by atoms with E-state index >= 15 is 0 Å². The summed E-state index contributed by atoms with van der Waals surface area (Å²) >= 11 is 5.79. The first-order chi connectivity index (χ1) is 8.09. The smallest absolute Gasteiger partial charge is 0.196 e. The number of halogens is 1. The number of carbonyl (C=O) groups excluding carboxylic acids is 1. The van der Waals surface area contributed by atoms with Gasteiger partial charge in [0.15, 0.2) is 5.78 Å². The molecule has 0 aliphatic carbocycles. The monoisotopic (exact) mass is 247 g/mol. The maximum Gasteiger partial charge on any atom is 0.196 e. The minimum Gasteiger partial charge on any atom is -0.398 e. The van der Waals surface area contributed by atoms with Crippen LogP contribution in [0, 0.1) is 0 Å². The van der Waals surface area contributed by atoms with Gasteiger partial charge in [0.2, 0.25) is 0 Å². The molecule has 0 bridgehead atoms. The Morgan fingerprint density at radius 3 is 2.65 bits per heavy atom. The molecule has 2 aromatic rings. The van der Waals surface area contributed by atoms with Crippen LogP contribution in [0.15, 0.2) is 36.5 Å². The Morgan fingerprint density at radius 2 is 2.00 bits per heavy atom. The quantitative estimate of drug-likeness (QED) is 0.629. The fourth-order valence-electron chi connectivity index (χ4n) is 1.45. The molecule has 4 N–H and O–H groups in total. The SMILES string of the molecule is Nc1cc(C(=O)c2cccnc2N)ccc1Cl. The zero-order chi connectivity index (χ0) is 12.4. The summed E-state index contributed by atoms with van der Waals surface area (Å²) in [5, 5.41) is 0.417. The van der Waals surface area contributed by atoms with Crippen molar-refractivity contribution in [2.75, 3.05) is 11.5 Å². The topological polar surface area (TPSA) is 82.0 Å². The van der Waals surface area contributed by atoms with Gasteiger partial charge >= 0.3 is 0 Å². The molecule has 17 heavy (non-hydrogen) atoms. The molecule has 0 aliphatic rings. The molecule has 1 aromatic carbocycles. The third-order valence-electron chi connectivity index (χ3n) is 2.34. The van der Waals surface area contributed by atoms with Gasteiger partial charge in [0.25, 0.3) is 0 Å². The second-order valence-corrected chi connectivity index (χ2v) is 3.91. The highest BCUT2D eigenvalue weighted by molar-refractivity contribution is 6.33. The average Bonchev–Trinajstić information content (AvgIpc) is 2.32. The maximum absolute atomic E-state index is 12.1. The molecule has 0 atom stereocenters. The van der Waals surface area contributed by atoms with Crippen molar-refractivity contribution in [2.24, 2.45) is 0 Å². The molecule has 2 rings (SSSR count). The second kappa shape index (κ2) is 4.43. The number of carbonyl (C=O) groups is 1. The van der Waals surface area contributed by atoms with E-state index in [-0.39, 0.29) is 11.6 Å². The Labute approximate surface area is 103 Å². The molecule has 0 saturated heterocycles. The van der Waals surface area contributed by atoms with E-state index in [0.717, 1.165) is 0 Å². The predicted molar refractivity (Wildman–Crippen MR) is 67.9 cm³/mol. The van der Waals surface area contributed by atoms with Gasteiger partial charge < -0.3 is 11.5 Å². The van der Waals surface area contributed by atoms with Crippen LogP contribution in [0.1, 0.15) is 15.9 Å². The highest BCUT2D eigenvalue weighted by atomic mass is 35.5. The molecule has 1 heterocycles. The summed E-state index contributed by atoms with van der Waals surface area (Å²) in [5.74, 6) is -0.0232. The van der Waals surface area contributed by atoms with Crippen LogP contribution >= 0.6 is 11.6 Å². The Kier molecular flexibility index (Phi) is 2.97. The van der Waals surface area contributed by atoms with Gasteiger partial charge in [-0.3, -0.25) is 4.79 Å². The van der Waals surface area contributed by atoms with E-state index in [1.807, 2.05) is 0 Å². The minimum absolute atomic E-state index is 0.200. The molecular formula is C12H10ClN3O. The van der Waals surface area contributed by atoms with Crippen LogP contribution in [0.3, 0.4) is 0 Å². The van der Waals surface area contributed by atoms with Crippen molar-refractivity contribution >= 4 is 28.9 Å². The van der Waals surface area contributed by atoms with Crippen molar-refractivity contribution < 1.29 is 4.79 Å². The fraction of sp³-hybridized carbons (Fsp3) is 0. The van der Waals surface area contributed by atoms with Crippen LogP contribution in [0.5, 0.6) is 0 Å². The molecule has 0 fully saturated rings. The van der Waals surface area contributed by atoms with Crippen LogP contribution in [0.4, 0.5) is 11.5 Å². The number of hydrogen-bond donors (Lipinski definition) is 2. The van der Waals surface area contributed by atoms with Crippen molar-refractivity contribution in [1.82, 2.24) is 4.98 Å². The number of ketones is 1. The first kappa shape index (κ1) is 11.4. The molecule has 0 amide bonds. The Hall–Kier alpha value is -2.07. The number of rotatable bonds is 2. The van der Waals surface area contributed by atoms with Gasteiger partial charge in [0.1, 0.15) is 5.82 Å². The lowest BCUT2D eigenvalue weighted by molar-refractivity contribution is 0.103. The molecule has 0 unspecified atom stereocenters. The summed E-state index contributed by atoms with van der Waals surface area (Å²) < 4.78 is 0. The summed E-state index contributed by atoms with van der Waals surface area (Å²) in [4.78, 5) is 16.0. The number of pyridine rings is 1. The molecule has 0 saturated carbocycles. The summed E-state index contributed by atoms with van der Waals surface area (Å²) in [5.41, 5.74) is 12.4. The van der Waals surface area contributed by atoms with Gasteiger partial charge in [0, 0.05) is 11.8 Å².